The minimum atomic E-state index is -4.67. The van der Waals surface area contributed by atoms with E-state index in [4.69, 9.17) is 20.9 Å². The van der Waals surface area contributed by atoms with Crippen LogP contribution in [0.4, 0.5) is 29.3 Å². The Bertz CT molecular complexity index is 951. The molecule has 5 nitrogen and oxygen atoms in total. The van der Waals surface area contributed by atoms with Crippen LogP contribution in [-0.4, -0.2) is 24.4 Å². The lowest BCUT2D eigenvalue weighted by Crippen LogP contribution is -2.41. The highest BCUT2D eigenvalue weighted by atomic mass is 35.5. The molecule has 10 heteroatoms. The van der Waals surface area contributed by atoms with Crippen LogP contribution in [0.2, 0.25) is 5.02 Å². The summed E-state index contributed by atoms with van der Waals surface area (Å²) in [6.45, 7) is 7.04. The molecule has 1 aliphatic heterocycles. The quantitative estimate of drug-likeness (QED) is 0.637. The fraction of sp³-hybridized carbons (Fsp3) is 0.350. The number of amides is 2. The van der Waals surface area contributed by atoms with E-state index >= 15 is 0 Å². The van der Waals surface area contributed by atoms with Gasteiger partial charge in [0.2, 0.25) is 0 Å². The second kappa shape index (κ2) is 7.79. The topological polar surface area (TPSA) is 59.6 Å². The molecular formula is C20H21BClF3N2O3. The number of rotatable bonds is 3. The van der Waals surface area contributed by atoms with Gasteiger partial charge in [-0.3, -0.25) is 0 Å². The molecule has 160 valence electrons. The summed E-state index contributed by atoms with van der Waals surface area (Å²) in [4.78, 5) is 12.2. The molecule has 30 heavy (non-hydrogen) atoms. The van der Waals surface area contributed by atoms with Crippen LogP contribution in [0, 0.1) is 0 Å². The largest absolute Gasteiger partial charge is 0.495 e. The summed E-state index contributed by atoms with van der Waals surface area (Å²) >= 11 is 5.86. The summed E-state index contributed by atoms with van der Waals surface area (Å²) in [6.07, 6.45) is -4.67. The van der Waals surface area contributed by atoms with E-state index in [9.17, 15) is 18.0 Å². The van der Waals surface area contributed by atoms with Gasteiger partial charge in [-0.05, 0) is 63.5 Å². The van der Waals surface area contributed by atoms with Gasteiger partial charge >= 0.3 is 19.3 Å². The molecule has 0 bridgehead atoms. The molecule has 1 fully saturated rings. The molecule has 2 aromatic rings. The van der Waals surface area contributed by atoms with Crippen LogP contribution >= 0.6 is 11.6 Å². The number of nitrogens with one attached hydrogen (secondary N) is 2. The lowest BCUT2D eigenvalue weighted by Gasteiger charge is -2.32. The van der Waals surface area contributed by atoms with E-state index in [0.717, 1.165) is 6.07 Å². The number of alkyl halides is 3. The fourth-order valence-electron chi connectivity index (χ4n) is 2.91. The summed E-state index contributed by atoms with van der Waals surface area (Å²) in [6, 6.07) is 9.17. The molecule has 2 aromatic carbocycles. The van der Waals surface area contributed by atoms with Gasteiger partial charge in [-0.2, -0.15) is 13.2 Å². The Morgan fingerprint density at radius 2 is 1.53 bits per heavy atom. The lowest BCUT2D eigenvalue weighted by molar-refractivity contribution is -0.136. The summed E-state index contributed by atoms with van der Waals surface area (Å²) < 4.78 is 52.8. The molecule has 0 aromatic heterocycles. The number of hydrogen-bond acceptors (Lipinski definition) is 3. The van der Waals surface area contributed by atoms with Gasteiger partial charge in [0.1, 0.15) is 0 Å². The molecule has 0 aliphatic carbocycles. The van der Waals surface area contributed by atoms with E-state index in [1.54, 1.807) is 45.9 Å². The molecule has 0 spiro atoms. The molecule has 0 radical (unpaired) electrons. The monoisotopic (exact) mass is 440 g/mol. The second-order valence-electron chi connectivity index (χ2n) is 7.98. The van der Waals surface area contributed by atoms with E-state index in [1.165, 1.54) is 18.2 Å². The standard InChI is InChI=1S/C20H21BClF3N2O3/c1-18(2)19(3,4)30-21(29-18)16-9-8-14(11-15(16)20(23,24)25)27-17(28)26-13-7-5-6-12(22)10-13/h5-11H,1-4H3,(H2,26,27,28). The summed E-state index contributed by atoms with van der Waals surface area (Å²) in [5.41, 5.74) is -2.28. The van der Waals surface area contributed by atoms with Gasteiger partial charge in [-0.25, -0.2) is 4.79 Å². The van der Waals surface area contributed by atoms with E-state index in [2.05, 4.69) is 10.6 Å². The van der Waals surface area contributed by atoms with Crippen LogP contribution in [0.1, 0.15) is 33.3 Å². The first-order chi connectivity index (χ1) is 13.8. The summed E-state index contributed by atoms with van der Waals surface area (Å²) in [5, 5.41) is 5.33. The SMILES string of the molecule is CC1(C)OB(c2ccc(NC(=O)Nc3cccc(Cl)c3)cc2C(F)(F)F)OC1(C)C. The number of carbonyl (C=O) groups excluding carboxylic acids is 1. The zero-order chi connectivity index (χ0) is 22.3. The van der Waals surface area contributed by atoms with Crippen molar-refractivity contribution in [1.29, 1.82) is 0 Å². The van der Waals surface area contributed by atoms with Gasteiger partial charge < -0.3 is 19.9 Å². The molecule has 0 saturated carbocycles. The van der Waals surface area contributed by atoms with Gasteiger partial charge in [0.25, 0.3) is 0 Å². The fourth-order valence-corrected chi connectivity index (χ4v) is 3.11. The molecule has 3 rings (SSSR count). The molecule has 0 unspecified atom stereocenters. The zero-order valence-electron chi connectivity index (χ0n) is 16.9. The van der Waals surface area contributed by atoms with Crippen molar-refractivity contribution in [2.45, 2.75) is 45.1 Å². The van der Waals surface area contributed by atoms with E-state index < -0.39 is 36.1 Å². The first kappa shape index (κ1) is 22.5. The van der Waals surface area contributed by atoms with Gasteiger partial charge in [-0.15, -0.1) is 0 Å². The van der Waals surface area contributed by atoms with Crippen LogP contribution in [-0.2, 0) is 15.5 Å². The zero-order valence-corrected chi connectivity index (χ0v) is 17.6. The van der Waals surface area contributed by atoms with Crippen LogP contribution in [0.3, 0.4) is 0 Å². The highest BCUT2D eigenvalue weighted by molar-refractivity contribution is 6.62. The van der Waals surface area contributed by atoms with Crippen molar-refractivity contribution in [1.82, 2.24) is 0 Å². The third kappa shape index (κ3) is 4.74. The molecule has 2 amide bonds. The van der Waals surface area contributed by atoms with Gasteiger partial charge in [0.05, 0.1) is 16.8 Å². The minimum Gasteiger partial charge on any atom is -0.399 e. The van der Waals surface area contributed by atoms with Crippen molar-refractivity contribution in [3.63, 3.8) is 0 Å². The Morgan fingerprint density at radius 3 is 2.07 bits per heavy atom. The predicted octanol–water partition coefficient (Wildman–Crippen LogP) is 5.30. The molecule has 1 aliphatic rings. The molecular weight excluding hydrogens is 419 g/mol. The molecule has 0 atom stereocenters. The predicted molar refractivity (Wildman–Crippen MR) is 111 cm³/mol. The normalized spacial score (nSPS) is 17.7. The average Bonchev–Trinajstić information content (AvgIpc) is 2.81. The Balaban J connectivity index is 1.84. The Kier molecular flexibility index (Phi) is 5.83. The van der Waals surface area contributed by atoms with E-state index in [1.807, 2.05) is 0 Å². The maximum absolute atomic E-state index is 13.7. The number of anilines is 2. The lowest BCUT2D eigenvalue weighted by atomic mass is 9.75. The third-order valence-corrected chi connectivity index (χ3v) is 5.44. The van der Waals surface area contributed by atoms with E-state index in [0.29, 0.717) is 10.7 Å². The van der Waals surface area contributed by atoms with Crippen LogP contribution in [0.5, 0.6) is 0 Å². The van der Waals surface area contributed by atoms with Crippen molar-refractivity contribution >= 4 is 41.6 Å². The smallest absolute Gasteiger partial charge is 0.399 e. The second-order valence-corrected chi connectivity index (χ2v) is 8.41. The van der Waals surface area contributed by atoms with E-state index in [-0.39, 0.29) is 11.2 Å². The summed E-state index contributed by atoms with van der Waals surface area (Å²) in [5.74, 6) is 0. The first-order valence-electron chi connectivity index (χ1n) is 9.19. The maximum Gasteiger partial charge on any atom is 0.495 e. The third-order valence-electron chi connectivity index (χ3n) is 5.21. The highest BCUT2D eigenvalue weighted by Crippen LogP contribution is 2.38. The average molecular weight is 441 g/mol. The van der Waals surface area contributed by atoms with Crippen LogP contribution < -0.4 is 16.1 Å². The van der Waals surface area contributed by atoms with Crippen molar-refractivity contribution in [3.8, 4) is 0 Å². The number of hydrogen-bond donors (Lipinski definition) is 2. The number of carbonyl (C=O) groups is 1. The van der Waals surface area contributed by atoms with Gasteiger partial charge in [0, 0.05) is 16.4 Å². The number of halogens is 4. The summed E-state index contributed by atoms with van der Waals surface area (Å²) in [7, 11) is -1.18. The maximum atomic E-state index is 13.7. The number of urea groups is 1. The van der Waals surface area contributed by atoms with Gasteiger partial charge in [-0.1, -0.05) is 23.7 Å². The number of benzene rings is 2. The molecule has 2 N–H and O–H groups in total. The first-order valence-corrected chi connectivity index (χ1v) is 9.57. The van der Waals surface area contributed by atoms with Crippen LogP contribution in [0.15, 0.2) is 42.5 Å². The molecule has 1 saturated heterocycles. The van der Waals surface area contributed by atoms with Gasteiger partial charge in [0.15, 0.2) is 0 Å². The highest BCUT2D eigenvalue weighted by Gasteiger charge is 2.53. The van der Waals surface area contributed by atoms with Crippen molar-refractivity contribution in [2.24, 2.45) is 0 Å². The Labute approximate surface area is 178 Å². The Morgan fingerprint density at radius 1 is 0.967 bits per heavy atom. The Hall–Kier alpha value is -2.23. The van der Waals surface area contributed by atoms with Crippen molar-refractivity contribution in [2.75, 3.05) is 10.6 Å². The van der Waals surface area contributed by atoms with Crippen molar-refractivity contribution < 1.29 is 27.3 Å². The van der Waals surface area contributed by atoms with Crippen molar-refractivity contribution in [3.05, 3.63) is 53.1 Å². The van der Waals surface area contributed by atoms with Crippen LogP contribution in [0.25, 0.3) is 0 Å². The minimum absolute atomic E-state index is 0.0258. The molecule has 1 heterocycles.